The van der Waals surface area contributed by atoms with Gasteiger partial charge in [-0.1, -0.05) is 29.8 Å². The number of benzene rings is 2. The molecule has 22 heavy (non-hydrogen) atoms. The second kappa shape index (κ2) is 5.43. The number of hydrogen-bond donors (Lipinski definition) is 2. The Morgan fingerprint density at radius 3 is 2.59 bits per heavy atom. The number of nitrogens with one attached hydrogen (secondary N) is 2. The van der Waals surface area contributed by atoms with Gasteiger partial charge in [0.15, 0.2) is 5.58 Å². The highest BCUT2D eigenvalue weighted by Crippen LogP contribution is 2.16. The van der Waals surface area contributed by atoms with Crippen molar-refractivity contribution in [2.24, 2.45) is 0 Å². The Morgan fingerprint density at radius 2 is 1.86 bits per heavy atom. The first-order valence-corrected chi connectivity index (χ1v) is 8.10. The Bertz CT molecular complexity index is 969. The van der Waals surface area contributed by atoms with Crippen molar-refractivity contribution in [2.75, 3.05) is 0 Å². The van der Waals surface area contributed by atoms with Gasteiger partial charge in [0, 0.05) is 12.6 Å². The molecule has 2 aromatic carbocycles. The van der Waals surface area contributed by atoms with Crippen LogP contribution in [0.3, 0.4) is 0 Å². The van der Waals surface area contributed by atoms with E-state index in [0.717, 1.165) is 11.1 Å². The fourth-order valence-electron chi connectivity index (χ4n) is 2.06. The van der Waals surface area contributed by atoms with Crippen molar-refractivity contribution in [3.8, 4) is 0 Å². The summed E-state index contributed by atoms with van der Waals surface area (Å²) in [7, 11) is -3.68. The van der Waals surface area contributed by atoms with E-state index >= 15 is 0 Å². The van der Waals surface area contributed by atoms with Crippen LogP contribution in [0, 0.1) is 6.92 Å². The predicted molar refractivity (Wildman–Crippen MR) is 82.0 cm³/mol. The lowest BCUT2D eigenvalue weighted by Crippen LogP contribution is -2.23. The molecule has 6 nitrogen and oxygen atoms in total. The van der Waals surface area contributed by atoms with Gasteiger partial charge in [0.2, 0.25) is 10.0 Å². The van der Waals surface area contributed by atoms with E-state index in [-0.39, 0.29) is 17.0 Å². The number of hydrogen-bond acceptors (Lipinski definition) is 4. The second-order valence-electron chi connectivity index (χ2n) is 4.98. The summed E-state index contributed by atoms with van der Waals surface area (Å²) in [5.41, 5.74) is 2.65. The molecule has 0 spiro atoms. The van der Waals surface area contributed by atoms with Gasteiger partial charge >= 0.3 is 5.76 Å². The Morgan fingerprint density at radius 1 is 1.14 bits per heavy atom. The molecule has 1 heterocycles. The molecule has 0 fully saturated rings. The average molecular weight is 318 g/mol. The van der Waals surface area contributed by atoms with Crippen molar-refractivity contribution in [3.63, 3.8) is 0 Å². The SMILES string of the molecule is Cc1ccc(CNS(=O)(=O)c2ccc3[nH]c(=O)oc3c2)cc1. The van der Waals surface area contributed by atoms with E-state index in [9.17, 15) is 13.2 Å². The molecule has 1 aromatic heterocycles. The number of fused-ring (bicyclic) bond motifs is 1. The van der Waals surface area contributed by atoms with Crippen molar-refractivity contribution in [3.05, 3.63) is 64.1 Å². The van der Waals surface area contributed by atoms with Gasteiger partial charge < -0.3 is 4.42 Å². The van der Waals surface area contributed by atoms with Crippen molar-refractivity contribution in [2.45, 2.75) is 18.4 Å². The molecule has 3 aromatic rings. The molecule has 0 saturated heterocycles. The van der Waals surface area contributed by atoms with Gasteiger partial charge in [-0.3, -0.25) is 4.98 Å². The molecular weight excluding hydrogens is 304 g/mol. The summed E-state index contributed by atoms with van der Waals surface area (Å²) in [4.78, 5) is 13.6. The van der Waals surface area contributed by atoms with Gasteiger partial charge in [0.25, 0.3) is 0 Å². The maximum Gasteiger partial charge on any atom is 0.417 e. The van der Waals surface area contributed by atoms with Gasteiger partial charge in [-0.15, -0.1) is 0 Å². The number of sulfonamides is 1. The Balaban J connectivity index is 1.84. The molecular formula is C15H14N2O4S. The van der Waals surface area contributed by atoms with Crippen LogP contribution < -0.4 is 10.5 Å². The fourth-order valence-corrected chi connectivity index (χ4v) is 3.09. The van der Waals surface area contributed by atoms with Crippen molar-refractivity contribution >= 4 is 21.1 Å². The molecule has 0 aliphatic carbocycles. The molecule has 0 amide bonds. The smallest absolute Gasteiger partial charge is 0.408 e. The zero-order valence-corrected chi connectivity index (χ0v) is 12.6. The molecule has 0 unspecified atom stereocenters. The molecule has 0 aliphatic rings. The minimum Gasteiger partial charge on any atom is -0.408 e. The van der Waals surface area contributed by atoms with Crippen molar-refractivity contribution in [1.82, 2.24) is 9.71 Å². The molecule has 0 atom stereocenters. The Labute approximate surface area is 126 Å². The standard InChI is InChI=1S/C15H14N2O4S/c1-10-2-4-11(5-3-10)9-16-22(19,20)12-6-7-13-14(8-12)21-15(18)17-13/h2-8,16H,9H2,1H3,(H,17,18). The Hall–Kier alpha value is -2.38. The number of aromatic nitrogens is 1. The highest BCUT2D eigenvalue weighted by Gasteiger charge is 2.15. The van der Waals surface area contributed by atoms with E-state index in [1.165, 1.54) is 18.2 Å². The molecule has 3 rings (SSSR count). The van der Waals surface area contributed by atoms with Crippen molar-refractivity contribution in [1.29, 1.82) is 0 Å². The first-order valence-electron chi connectivity index (χ1n) is 6.62. The van der Waals surface area contributed by atoms with Crippen LogP contribution in [0.1, 0.15) is 11.1 Å². The summed E-state index contributed by atoms with van der Waals surface area (Å²) < 4.78 is 32.0. The van der Waals surface area contributed by atoms with Crippen LogP contribution in [-0.4, -0.2) is 13.4 Å². The van der Waals surface area contributed by atoms with Crippen molar-refractivity contribution < 1.29 is 12.8 Å². The lowest BCUT2D eigenvalue weighted by molar-refractivity contribution is 0.553. The normalized spacial score (nSPS) is 11.9. The summed E-state index contributed by atoms with van der Waals surface area (Å²) in [6.45, 7) is 2.16. The predicted octanol–water partition coefficient (Wildman–Crippen LogP) is 1.91. The largest absolute Gasteiger partial charge is 0.417 e. The first-order chi connectivity index (χ1) is 10.4. The van der Waals surface area contributed by atoms with Crippen LogP contribution in [-0.2, 0) is 16.6 Å². The van der Waals surface area contributed by atoms with E-state index in [2.05, 4.69) is 9.71 Å². The number of oxazole rings is 1. The number of aryl methyl sites for hydroxylation is 1. The van der Waals surface area contributed by atoms with Gasteiger partial charge in [-0.05, 0) is 24.6 Å². The minimum absolute atomic E-state index is 0.0508. The molecule has 0 radical (unpaired) electrons. The van der Waals surface area contributed by atoms with Crippen LogP contribution in [0.5, 0.6) is 0 Å². The molecule has 2 N–H and O–H groups in total. The highest BCUT2D eigenvalue weighted by molar-refractivity contribution is 7.89. The van der Waals surface area contributed by atoms with E-state index < -0.39 is 15.8 Å². The molecule has 0 aliphatic heterocycles. The summed E-state index contributed by atoms with van der Waals surface area (Å²) in [5, 5.41) is 0. The Kier molecular flexibility index (Phi) is 3.59. The van der Waals surface area contributed by atoms with Crippen LogP contribution in [0.2, 0.25) is 0 Å². The zero-order valence-electron chi connectivity index (χ0n) is 11.8. The third-order valence-corrected chi connectivity index (χ3v) is 4.69. The monoisotopic (exact) mass is 318 g/mol. The third kappa shape index (κ3) is 2.95. The fraction of sp³-hybridized carbons (Fsp3) is 0.133. The number of rotatable bonds is 4. The maximum absolute atomic E-state index is 12.3. The van der Waals surface area contributed by atoms with E-state index in [1.807, 2.05) is 31.2 Å². The number of aromatic amines is 1. The topological polar surface area (TPSA) is 92.2 Å². The van der Waals surface area contributed by atoms with Crippen LogP contribution in [0.15, 0.2) is 56.6 Å². The lowest BCUT2D eigenvalue weighted by atomic mass is 10.2. The molecule has 0 saturated carbocycles. The summed E-state index contributed by atoms with van der Waals surface area (Å²) >= 11 is 0. The summed E-state index contributed by atoms with van der Waals surface area (Å²) in [6, 6.07) is 11.8. The van der Waals surface area contributed by atoms with Crippen LogP contribution in [0.4, 0.5) is 0 Å². The minimum atomic E-state index is -3.68. The number of H-pyrrole nitrogens is 1. The molecule has 7 heteroatoms. The van der Waals surface area contributed by atoms with E-state index in [1.54, 1.807) is 0 Å². The van der Waals surface area contributed by atoms with E-state index in [0.29, 0.717) is 5.52 Å². The second-order valence-corrected chi connectivity index (χ2v) is 6.75. The molecule has 114 valence electrons. The molecule has 0 bridgehead atoms. The van der Waals surface area contributed by atoms with E-state index in [4.69, 9.17) is 4.42 Å². The van der Waals surface area contributed by atoms with Gasteiger partial charge in [0.05, 0.1) is 10.4 Å². The third-order valence-electron chi connectivity index (χ3n) is 3.29. The summed E-state index contributed by atoms with van der Waals surface area (Å²) in [5.74, 6) is -0.614. The van der Waals surface area contributed by atoms with Crippen LogP contribution in [0.25, 0.3) is 11.1 Å². The van der Waals surface area contributed by atoms with Gasteiger partial charge in [0.1, 0.15) is 0 Å². The quantitative estimate of drug-likeness (QED) is 0.768. The first kappa shape index (κ1) is 14.6. The van der Waals surface area contributed by atoms with Gasteiger partial charge in [-0.25, -0.2) is 17.9 Å². The zero-order chi connectivity index (χ0) is 15.7. The van der Waals surface area contributed by atoms with Crippen LogP contribution >= 0.6 is 0 Å². The highest BCUT2D eigenvalue weighted by atomic mass is 32.2. The maximum atomic E-state index is 12.3. The summed E-state index contributed by atoms with van der Waals surface area (Å²) in [6.07, 6.45) is 0. The average Bonchev–Trinajstić information content (AvgIpc) is 2.86. The lowest BCUT2D eigenvalue weighted by Gasteiger charge is -2.07. The van der Waals surface area contributed by atoms with Gasteiger partial charge in [-0.2, -0.15) is 0 Å².